The topological polar surface area (TPSA) is 94.3 Å². The first-order valence-electron chi connectivity index (χ1n) is 9.66. The number of benzene rings is 1. The number of hydrogen-bond donors (Lipinski definition) is 2. The van der Waals surface area contributed by atoms with E-state index in [2.05, 4.69) is 10.3 Å². The Kier molecular flexibility index (Phi) is 7.99. The van der Waals surface area contributed by atoms with Crippen LogP contribution in [0.1, 0.15) is 49.8 Å². The van der Waals surface area contributed by atoms with E-state index in [4.69, 9.17) is 10.5 Å². The number of ether oxygens (including phenoxy) is 1. The maximum absolute atomic E-state index is 12.5. The minimum Gasteiger partial charge on any atom is -0.465 e. The number of aromatic nitrogens is 1. The maximum atomic E-state index is 12.5. The zero-order valence-corrected chi connectivity index (χ0v) is 16.8. The van der Waals surface area contributed by atoms with E-state index in [-0.39, 0.29) is 11.9 Å². The van der Waals surface area contributed by atoms with E-state index in [1.807, 2.05) is 37.3 Å². The molecule has 0 fully saturated rings. The zero-order chi connectivity index (χ0) is 20.5. The molecule has 150 valence electrons. The van der Waals surface area contributed by atoms with Gasteiger partial charge in [0.2, 0.25) is 5.91 Å². The molecule has 6 heteroatoms. The van der Waals surface area contributed by atoms with E-state index < -0.39 is 5.92 Å². The minimum atomic E-state index is -0.445. The monoisotopic (exact) mass is 383 g/mol. The Morgan fingerprint density at radius 3 is 2.61 bits per heavy atom. The largest absolute Gasteiger partial charge is 0.465 e. The summed E-state index contributed by atoms with van der Waals surface area (Å²) in [4.78, 5) is 28.3. The number of aryl methyl sites for hydroxylation is 1. The van der Waals surface area contributed by atoms with Gasteiger partial charge in [-0.3, -0.25) is 14.6 Å². The summed E-state index contributed by atoms with van der Waals surface area (Å²) in [5, 5.41) is 2.61. The van der Waals surface area contributed by atoms with Crippen molar-refractivity contribution in [3.8, 4) is 11.1 Å². The van der Waals surface area contributed by atoms with E-state index in [0.717, 1.165) is 28.8 Å². The summed E-state index contributed by atoms with van der Waals surface area (Å²) < 4.78 is 5.26. The van der Waals surface area contributed by atoms with Crippen molar-refractivity contribution in [2.45, 2.75) is 45.4 Å². The van der Waals surface area contributed by atoms with E-state index in [1.165, 1.54) is 0 Å². The average molecular weight is 383 g/mol. The lowest BCUT2D eigenvalue weighted by atomic mass is 9.94. The molecule has 1 heterocycles. The Balaban J connectivity index is 2.20. The first-order chi connectivity index (χ1) is 13.5. The number of hydrogen-bond acceptors (Lipinski definition) is 5. The molecule has 2 rings (SSSR count). The molecule has 1 unspecified atom stereocenters. The smallest absolute Gasteiger partial charge is 0.315 e. The molecule has 0 spiro atoms. The number of unbranched alkanes of at least 4 members (excludes halogenated alkanes) is 1. The van der Waals surface area contributed by atoms with Gasteiger partial charge < -0.3 is 15.8 Å². The van der Waals surface area contributed by atoms with Crippen LogP contribution < -0.4 is 11.1 Å². The highest BCUT2D eigenvalue weighted by atomic mass is 16.5. The van der Waals surface area contributed by atoms with Crippen LogP contribution in [0.5, 0.6) is 0 Å². The highest BCUT2D eigenvalue weighted by molar-refractivity contribution is 5.78. The van der Waals surface area contributed by atoms with E-state index in [0.29, 0.717) is 31.6 Å². The number of esters is 1. The van der Waals surface area contributed by atoms with Crippen LogP contribution in [0.4, 0.5) is 5.69 Å². The Morgan fingerprint density at radius 2 is 1.93 bits per heavy atom. The molecule has 28 heavy (non-hydrogen) atoms. The van der Waals surface area contributed by atoms with Crippen LogP contribution in [0.2, 0.25) is 0 Å². The van der Waals surface area contributed by atoms with Crippen molar-refractivity contribution >= 4 is 17.6 Å². The quantitative estimate of drug-likeness (QED) is 0.392. The standard InChI is InChI=1S/C22H29N3O3/c1-4-28-22(27)18(7-5-6-8-21(26)24-3)20-14-17(11-12-25-20)16-9-10-19(23)15(2)13-16/h9-14,18H,4-8,23H2,1-3H3,(H,24,26). The number of nitrogens with two attached hydrogens (primary N) is 1. The average Bonchev–Trinajstić information content (AvgIpc) is 2.70. The van der Waals surface area contributed by atoms with Gasteiger partial charge in [-0.15, -0.1) is 0 Å². The van der Waals surface area contributed by atoms with Crippen LogP contribution in [-0.4, -0.2) is 30.5 Å². The summed E-state index contributed by atoms with van der Waals surface area (Å²) in [6, 6.07) is 9.72. The van der Waals surface area contributed by atoms with Crippen molar-refractivity contribution < 1.29 is 14.3 Å². The summed E-state index contributed by atoms with van der Waals surface area (Å²) >= 11 is 0. The SMILES string of the molecule is CCOC(=O)C(CCCCC(=O)NC)c1cc(-c2ccc(N)c(C)c2)ccn1. The number of carbonyl (C=O) groups is 2. The van der Waals surface area contributed by atoms with Crippen molar-refractivity contribution in [1.82, 2.24) is 10.3 Å². The zero-order valence-electron chi connectivity index (χ0n) is 16.8. The van der Waals surface area contributed by atoms with Crippen molar-refractivity contribution in [3.05, 3.63) is 47.8 Å². The number of pyridine rings is 1. The number of nitrogens with one attached hydrogen (secondary N) is 1. The summed E-state index contributed by atoms with van der Waals surface area (Å²) in [6.45, 7) is 4.08. The van der Waals surface area contributed by atoms with Gasteiger partial charge in [-0.05, 0) is 67.6 Å². The number of nitrogen functional groups attached to an aromatic ring is 1. The van der Waals surface area contributed by atoms with Gasteiger partial charge in [0.1, 0.15) is 0 Å². The highest BCUT2D eigenvalue weighted by Crippen LogP contribution is 2.28. The molecule has 0 aliphatic carbocycles. The molecule has 0 saturated heterocycles. The molecule has 1 aromatic carbocycles. The third kappa shape index (κ3) is 5.81. The van der Waals surface area contributed by atoms with Gasteiger partial charge in [-0.25, -0.2) is 0 Å². The Hall–Kier alpha value is -2.89. The fourth-order valence-corrected chi connectivity index (χ4v) is 3.06. The van der Waals surface area contributed by atoms with Crippen LogP contribution in [-0.2, 0) is 14.3 Å². The van der Waals surface area contributed by atoms with Crippen molar-refractivity contribution in [3.63, 3.8) is 0 Å². The molecule has 0 aliphatic heterocycles. The molecule has 1 aromatic heterocycles. The molecule has 2 aromatic rings. The lowest BCUT2D eigenvalue weighted by Crippen LogP contribution is -2.19. The molecule has 0 aliphatic rings. The Labute approximate surface area is 166 Å². The lowest BCUT2D eigenvalue weighted by molar-refractivity contribution is -0.145. The third-order valence-corrected chi connectivity index (χ3v) is 4.74. The van der Waals surface area contributed by atoms with Crippen molar-refractivity contribution in [2.24, 2.45) is 0 Å². The summed E-state index contributed by atoms with van der Waals surface area (Å²) in [5.41, 5.74) is 10.4. The second kappa shape index (κ2) is 10.4. The molecular weight excluding hydrogens is 354 g/mol. The van der Waals surface area contributed by atoms with Gasteiger partial charge in [0.15, 0.2) is 0 Å². The number of rotatable bonds is 9. The van der Waals surface area contributed by atoms with Gasteiger partial charge in [0.25, 0.3) is 0 Å². The predicted molar refractivity (Wildman–Crippen MR) is 111 cm³/mol. The fourth-order valence-electron chi connectivity index (χ4n) is 3.06. The number of carbonyl (C=O) groups excluding carboxylic acids is 2. The summed E-state index contributed by atoms with van der Waals surface area (Å²) in [5.74, 6) is -0.716. The van der Waals surface area contributed by atoms with Gasteiger partial charge in [-0.2, -0.15) is 0 Å². The summed E-state index contributed by atoms with van der Waals surface area (Å²) in [7, 11) is 1.62. The lowest BCUT2D eigenvalue weighted by Gasteiger charge is -2.16. The fraction of sp³-hybridized carbons (Fsp3) is 0.409. The van der Waals surface area contributed by atoms with E-state index in [9.17, 15) is 9.59 Å². The Morgan fingerprint density at radius 1 is 1.18 bits per heavy atom. The van der Waals surface area contributed by atoms with Gasteiger partial charge in [-0.1, -0.05) is 12.5 Å². The predicted octanol–water partition coefficient (Wildman–Crippen LogP) is 3.59. The number of amides is 1. The van der Waals surface area contributed by atoms with Crippen LogP contribution in [0.3, 0.4) is 0 Å². The normalized spacial score (nSPS) is 11.7. The molecule has 1 amide bonds. The molecule has 0 bridgehead atoms. The molecule has 1 atom stereocenters. The van der Waals surface area contributed by atoms with E-state index in [1.54, 1.807) is 20.2 Å². The minimum absolute atomic E-state index is 0.00604. The van der Waals surface area contributed by atoms with Crippen molar-refractivity contribution in [1.29, 1.82) is 0 Å². The Bertz CT molecular complexity index is 820. The van der Waals surface area contributed by atoms with Gasteiger partial charge in [0, 0.05) is 25.4 Å². The first kappa shape index (κ1) is 21.4. The van der Waals surface area contributed by atoms with Crippen LogP contribution in [0.25, 0.3) is 11.1 Å². The molecule has 0 saturated carbocycles. The highest BCUT2D eigenvalue weighted by Gasteiger charge is 2.23. The van der Waals surface area contributed by atoms with Crippen molar-refractivity contribution in [2.75, 3.05) is 19.4 Å². The van der Waals surface area contributed by atoms with Crippen LogP contribution in [0, 0.1) is 6.92 Å². The van der Waals surface area contributed by atoms with Crippen LogP contribution >= 0.6 is 0 Å². The maximum Gasteiger partial charge on any atom is 0.315 e. The second-order valence-corrected chi connectivity index (χ2v) is 6.76. The number of nitrogens with zero attached hydrogens (tertiary/aromatic N) is 1. The summed E-state index contributed by atoms with van der Waals surface area (Å²) in [6.07, 6.45) is 4.21. The second-order valence-electron chi connectivity index (χ2n) is 6.76. The van der Waals surface area contributed by atoms with Gasteiger partial charge in [0.05, 0.1) is 18.2 Å². The molecule has 0 radical (unpaired) electrons. The molecule has 3 N–H and O–H groups in total. The van der Waals surface area contributed by atoms with Crippen LogP contribution in [0.15, 0.2) is 36.5 Å². The third-order valence-electron chi connectivity index (χ3n) is 4.74. The van der Waals surface area contributed by atoms with E-state index >= 15 is 0 Å². The molecular formula is C22H29N3O3. The molecule has 6 nitrogen and oxygen atoms in total. The van der Waals surface area contributed by atoms with Gasteiger partial charge >= 0.3 is 5.97 Å². The first-order valence-corrected chi connectivity index (χ1v) is 9.66. The number of anilines is 1.